The third kappa shape index (κ3) is 2.96. The highest BCUT2D eigenvalue weighted by Crippen LogP contribution is 2.21. The lowest BCUT2D eigenvalue weighted by Gasteiger charge is -2.23. The first kappa shape index (κ1) is 12.8. The zero-order valence-corrected chi connectivity index (χ0v) is 9.88. The summed E-state index contributed by atoms with van der Waals surface area (Å²) in [5.41, 5.74) is -0.215. The van der Waals surface area contributed by atoms with Gasteiger partial charge in [-0.25, -0.2) is 8.78 Å². The van der Waals surface area contributed by atoms with Crippen LogP contribution < -0.4 is 5.32 Å². The summed E-state index contributed by atoms with van der Waals surface area (Å²) >= 11 is 0. The molecule has 0 aliphatic carbocycles. The summed E-state index contributed by atoms with van der Waals surface area (Å²) in [6.45, 7) is 1.07. The van der Waals surface area contributed by atoms with Crippen molar-refractivity contribution in [3.63, 3.8) is 0 Å². The molecule has 0 saturated carbocycles. The maximum Gasteiger partial charge on any atom is 0.150 e. The summed E-state index contributed by atoms with van der Waals surface area (Å²) in [6.07, 6.45) is 3.00. The van der Waals surface area contributed by atoms with Gasteiger partial charge in [-0.05, 0) is 31.4 Å². The summed E-state index contributed by atoms with van der Waals surface area (Å²) in [5.74, 6) is -1.50. The molecule has 0 spiro atoms. The van der Waals surface area contributed by atoms with E-state index in [4.69, 9.17) is 10.00 Å². The molecule has 2 rings (SSSR count). The Balaban J connectivity index is 2.02. The molecule has 0 amide bonds. The van der Waals surface area contributed by atoms with Gasteiger partial charge in [0, 0.05) is 13.2 Å². The Hall–Kier alpha value is -1.67. The Bertz CT molecular complexity index is 442. The fourth-order valence-electron chi connectivity index (χ4n) is 1.99. The maximum absolute atomic E-state index is 13.6. The monoisotopic (exact) mass is 252 g/mol. The van der Waals surface area contributed by atoms with Crippen LogP contribution in [-0.2, 0) is 4.74 Å². The zero-order chi connectivity index (χ0) is 13.0. The Labute approximate surface area is 104 Å². The van der Waals surface area contributed by atoms with E-state index >= 15 is 0 Å². The van der Waals surface area contributed by atoms with Crippen LogP contribution in [0.25, 0.3) is 0 Å². The fraction of sp³-hybridized carbons (Fsp3) is 0.462. The van der Waals surface area contributed by atoms with Crippen molar-refractivity contribution in [3.8, 4) is 6.07 Å². The van der Waals surface area contributed by atoms with Crippen LogP contribution >= 0.6 is 0 Å². The Morgan fingerprint density at radius 1 is 1.33 bits per heavy atom. The molecule has 96 valence electrons. The van der Waals surface area contributed by atoms with Crippen LogP contribution in [0.3, 0.4) is 0 Å². The molecule has 0 bridgehead atoms. The third-order valence-corrected chi connectivity index (χ3v) is 2.95. The van der Waals surface area contributed by atoms with E-state index in [0.717, 1.165) is 31.4 Å². The number of rotatable bonds is 3. The van der Waals surface area contributed by atoms with E-state index in [2.05, 4.69) is 5.32 Å². The molecule has 1 aliphatic rings. The molecule has 3 nitrogen and oxygen atoms in total. The van der Waals surface area contributed by atoms with Gasteiger partial charge in [0.2, 0.25) is 0 Å². The second-order valence-corrected chi connectivity index (χ2v) is 4.30. The molecule has 1 unspecified atom stereocenters. The van der Waals surface area contributed by atoms with Crippen LogP contribution in [-0.4, -0.2) is 19.3 Å². The number of nitrogens with zero attached hydrogens (tertiary/aromatic N) is 1. The first-order valence-corrected chi connectivity index (χ1v) is 5.95. The lowest BCUT2D eigenvalue weighted by Crippen LogP contribution is -2.27. The van der Waals surface area contributed by atoms with E-state index in [1.54, 1.807) is 6.07 Å². The van der Waals surface area contributed by atoms with Gasteiger partial charge >= 0.3 is 0 Å². The van der Waals surface area contributed by atoms with Crippen LogP contribution in [0, 0.1) is 23.0 Å². The van der Waals surface area contributed by atoms with Gasteiger partial charge in [0.1, 0.15) is 5.69 Å². The number of hydrogen-bond donors (Lipinski definition) is 1. The van der Waals surface area contributed by atoms with Crippen LogP contribution in [0.5, 0.6) is 0 Å². The van der Waals surface area contributed by atoms with Crippen molar-refractivity contribution in [2.24, 2.45) is 0 Å². The second kappa shape index (κ2) is 5.78. The summed E-state index contributed by atoms with van der Waals surface area (Å²) < 4.78 is 32.6. The van der Waals surface area contributed by atoms with Crippen molar-refractivity contribution in [2.75, 3.05) is 18.5 Å². The average Bonchev–Trinajstić information content (AvgIpc) is 2.38. The van der Waals surface area contributed by atoms with Crippen LogP contribution in [0.15, 0.2) is 12.1 Å². The molecule has 1 aromatic carbocycles. The molecular weight excluding hydrogens is 238 g/mol. The van der Waals surface area contributed by atoms with Crippen molar-refractivity contribution < 1.29 is 13.5 Å². The number of nitriles is 1. The second-order valence-electron chi connectivity index (χ2n) is 4.30. The van der Waals surface area contributed by atoms with E-state index in [0.29, 0.717) is 13.2 Å². The molecule has 1 heterocycles. The predicted octanol–water partition coefficient (Wildman–Crippen LogP) is 2.82. The number of ether oxygens (including phenoxy) is 1. The lowest BCUT2D eigenvalue weighted by molar-refractivity contribution is 0.0247. The van der Waals surface area contributed by atoms with Crippen molar-refractivity contribution in [1.82, 2.24) is 0 Å². The summed E-state index contributed by atoms with van der Waals surface area (Å²) in [7, 11) is 0. The topological polar surface area (TPSA) is 45.0 Å². The summed E-state index contributed by atoms with van der Waals surface area (Å²) in [4.78, 5) is 0. The highest BCUT2D eigenvalue weighted by Gasteiger charge is 2.16. The van der Waals surface area contributed by atoms with Crippen LogP contribution in [0.1, 0.15) is 24.8 Å². The fourth-order valence-corrected chi connectivity index (χ4v) is 1.99. The van der Waals surface area contributed by atoms with Crippen LogP contribution in [0.2, 0.25) is 0 Å². The largest absolute Gasteiger partial charge is 0.378 e. The SMILES string of the molecule is N#Cc1cc(F)c(NCC2CCCCO2)c(F)c1. The number of anilines is 1. The van der Waals surface area contributed by atoms with E-state index in [9.17, 15) is 8.78 Å². The quantitative estimate of drug-likeness (QED) is 0.899. The van der Waals surface area contributed by atoms with E-state index < -0.39 is 11.6 Å². The van der Waals surface area contributed by atoms with Crippen molar-refractivity contribution in [2.45, 2.75) is 25.4 Å². The standard InChI is InChI=1S/C13H14F2N2O/c14-11-5-9(7-16)6-12(15)13(11)17-8-10-3-1-2-4-18-10/h5-6,10,17H,1-4,8H2. The van der Waals surface area contributed by atoms with Gasteiger partial charge in [-0.1, -0.05) is 0 Å². The molecule has 0 aromatic heterocycles. The Morgan fingerprint density at radius 3 is 2.61 bits per heavy atom. The smallest absolute Gasteiger partial charge is 0.150 e. The summed E-state index contributed by atoms with van der Waals surface area (Å²) in [5, 5.41) is 11.3. The van der Waals surface area contributed by atoms with Gasteiger partial charge in [-0.3, -0.25) is 0 Å². The van der Waals surface area contributed by atoms with E-state index in [1.807, 2.05) is 0 Å². The first-order valence-electron chi connectivity index (χ1n) is 5.95. The minimum absolute atomic E-state index is 0.00630. The van der Waals surface area contributed by atoms with Crippen molar-refractivity contribution >= 4 is 5.69 Å². The van der Waals surface area contributed by atoms with Crippen LogP contribution in [0.4, 0.5) is 14.5 Å². The molecule has 1 N–H and O–H groups in total. The van der Waals surface area contributed by atoms with Crippen molar-refractivity contribution in [3.05, 3.63) is 29.3 Å². The summed E-state index contributed by atoms with van der Waals surface area (Å²) in [6, 6.07) is 3.75. The average molecular weight is 252 g/mol. The van der Waals surface area contributed by atoms with Gasteiger partial charge in [0.25, 0.3) is 0 Å². The van der Waals surface area contributed by atoms with Gasteiger partial charge in [0.05, 0.1) is 17.7 Å². The van der Waals surface area contributed by atoms with E-state index in [-0.39, 0.29) is 17.4 Å². The number of hydrogen-bond acceptors (Lipinski definition) is 3. The minimum atomic E-state index is -0.748. The first-order chi connectivity index (χ1) is 8.70. The highest BCUT2D eigenvalue weighted by molar-refractivity contribution is 5.50. The normalized spacial score (nSPS) is 19.3. The third-order valence-electron chi connectivity index (χ3n) is 2.95. The predicted molar refractivity (Wildman–Crippen MR) is 63.2 cm³/mol. The van der Waals surface area contributed by atoms with E-state index in [1.165, 1.54) is 0 Å². The number of halogens is 2. The molecule has 0 radical (unpaired) electrons. The van der Waals surface area contributed by atoms with Crippen molar-refractivity contribution in [1.29, 1.82) is 5.26 Å². The van der Waals surface area contributed by atoms with Gasteiger partial charge in [0.15, 0.2) is 11.6 Å². The zero-order valence-electron chi connectivity index (χ0n) is 9.88. The number of benzene rings is 1. The minimum Gasteiger partial charge on any atom is -0.378 e. The molecule has 5 heteroatoms. The van der Waals surface area contributed by atoms with Gasteiger partial charge < -0.3 is 10.1 Å². The Kier molecular flexibility index (Phi) is 4.11. The highest BCUT2D eigenvalue weighted by atomic mass is 19.1. The number of nitrogens with one attached hydrogen (secondary N) is 1. The molecule has 1 fully saturated rings. The molecule has 1 saturated heterocycles. The molecule has 1 atom stereocenters. The molecule has 18 heavy (non-hydrogen) atoms. The molecular formula is C13H14F2N2O. The molecule has 1 aliphatic heterocycles. The maximum atomic E-state index is 13.6. The lowest BCUT2D eigenvalue weighted by atomic mass is 10.1. The van der Waals surface area contributed by atoms with Gasteiger partial charge in [-0.15, -0.1) is 0 Å². The van der Waals surface area contributed by atoms with Gasteiger partial charge in [-0.2, -0.15) is 5.26 Å². The Morgan fingerprint density at radius 2 is 2.06 bits per heavy atom. The molecule has 1 aromatic rings.